The first-order valence-electron chi connectivity index (χ1n) is 7.02. The Bertz CT molecular complexity index is 651. The summed E-state index contributed by atoms with van der Waals surface area (Å²) in [5.41, 5.74) is 1.18. The quantitative estimate of drug-likeness (QED) is 0.824. The fourth-order valence-electron chi connectivity index (χ4n) is 2.39. The molecule has 1 aromatic heterocycles. The van der Waals surface area contributed by atoms with E-state index in [0.29, 0.717) is 18.9 Å². The molecule has 21 heavy (non-hydrogen) atoms. The van der Waals surface area contributed by atoms with Gasteiger partial charge in [-0.2, -0.15) is 0 Å². The molecule has 1 atom stereocenters. The molecule has 2 N–H and O–H groups in total. The maximum Gasteiger partial charge on any atom is 0.320 e. The third-order valence-corrected chi connectivity index (χ3v) is 5.30. The molecule has 0 aliphatic carbocycles. The van der Waals surface area contributed by atoms with Crippen LogP contribution in [0.2, 0.25) is 5.02 Å². The molecule has 1 heterocycles. The van der Waals surface area contributed by atoms with Gasteiger partial charge < -0.3 is 5.11 Å². The van der Waals surface area contributed by atoms with Gasteiger partial charge in [-0.25, -0.2) is 0 Å². The summed E-state index contributed by atoms with van der Waals surface area (Å²) in [6, 6.07) is 5.38. The number of aryl methyl sites for hydroxylation is 1. The lowest BCUT2D eigenvalue weighted by Gasteiger charge is -2.16. The van der Waals surface area contributed by atoms with Crippen molar-refractivity contribution in [3.05, 3.63) is 33.7 Å². The van der Waals surface area contributed by atoms with Crippen molar-refractivity contribution in [2.45, 2.75) is 39.8 Å². The molecule has 0 bridgehead atoms. The number of halogens is 1. The highest BCUT2D eigenvalue weighted by Gasteiger charge is 2.19. The number of hydrogen-bond donors (Lipinski definition) is 2. The van der Waals surface area contributed by atoms with Crippen molar-refractivity contribution >= 4 is 39.0 Å². The van der Waals surface area contributed by atoms with Gasteiger partial charge >= 0.3 is 5.97 Å². The van der Waals surface area contributed by atoms with Crippen LogP contribution >= 0.6 is 22.9 Å². The van der Waals surface area contributed by atoms with E-state index in [1.807, 2.05) is 26.0 Å². The third-order valence-electron chi connectivity index (χ3n) is 3.53. The molecule has 0 saturated heterocycles. The van der Waals surface area contributed by atoms with Crippen molar-refractivity contribution < 1.29 is 9.90 Å². The van der Waals surface area contributed by atoms with Crippen molar-refractivity contribution in [1.82, 2.24) is 5.32 Å². The minimum atomic E-state index is -0.791. The first kappa shape index (κ1) is 16.3. The van der Waals surface area contributed by atoms with E-state index < -0.39 is 12.0 Å². The molecule has 5 heteroatoms. The summed E-state index contributed by atoms with van der Waals surface area (Å²) >= 11 is 7.86. The van der Waals surface area contributed by atoms with Gasteiger partial charge in [-0.05, 0) is 36.3 Å². The highest BCUT2D eigenvalue weighted by molar-refractivity contribution is 7.20. The van der Waals surface area contributed by atoms with Crippen molar-refractivity contribution in [2.24, 2.45) is 5.92 Å². The van der Waals surface area contributed by atoms with E-state index in [9.17, 15) is 9.90 Å². The van der Waals surface area contributed by atoms with Crippen LogP contribution in [0.25, 0.3) is 10.1 Å². The van der Waals surface area contributed by atoms with Gasteiger partial charge in [-0.15, -0.1) is 11.3 Å². The monoisotopic (exact) mass is 325 g/mol. The fraction of sp³-hybridized carbons (Fsp3) is 0.438. The number of carboxylic acids is 1. The lowest BCUT2D eigenvalue weighted by Crippen LogP contribution is -2.37. The molecule has 0 fully saturated rings. The maximum atomic E-state index is 11.3. The van der Waals surface area contributed by atoms with Crippen LogP contribution in [-0.4, -0.2) is 17.1 Å². The average Bonchev–Trinajstić information content (AvgIpc) is 2.73. The molecule has 0 saturated carbocycles. The number of rotatable bonds is 6. The van der Waals surface area contributed by atoms with Gasteiger partial charge in [0.2, 0.25) is 0 Å². The van der Waals surface area contributed by atoms with Crippen LogP contribution in [0.5, 0.6) is 0 Å². The van der Waals surface area contributed by atoms with Crippen LogP contribution in [0.15, 0.2) is 18.2 Å². The topological polar surface area (TPSA) is 49.3 Å². The van der Waals surface area contributed by atoms with Crippen molar-refractivity contribution in [3.63, 3.8) is 0 Å². The molecule has 114 valence electrons. The van der Waals surface area contributed by atoms with Gasteiger partial charge in [0, 0.05) is 11.4 Å². The Labute approximate surface area is 133 Å². The largest absolute Gasteiger partial charge is 0.480 e. The van der Waals surface area contributed by atoms with Crippen molar-refractivity contribution in [3.8, 4) is 0 Å². The summed E-state index contributed by atoms with van der Waals surface area (Å²) < 4.78 is 1.07. The number of benzene rings is 1. The van der Waals surface area contributed by atoms with E-state index in [1.54, 1.807) is 11.3 Å². The van der Waals surface area contributed by atoms with E-state index >= 15 is 0 Å². The first-order valence-corrected chi connectivity index (χ1v) is 8.22. The van der Waals surface area contributed by atoms with Gasteiger partial charge in [0.25, 0.3) is 0 Å². The molecule has 0 aliphatic heterocycles. The molecule has 0 aliphatic rings. The highest BCUT2D eigenvalue weighted by atomic mass is 35.5. The molecule has 2 aromatic rings. The minimum absolute atomic E-state index is 0.344. The predicted octanol–water partition coefficient (Wildman–Crippen LogP) is 4.45. The smallest absolute Gasteiger partial charge is 0.320 e. The second kappa shape index (κ2) is 6.77. The van der Waals surface area contributed by atoms with Crippen molar-refractivity contribution in [1.29, 1.82) is 0 Å². The number of hydrogen-bond acceptors (Lipinski definition) is 3. The first-order chi connectivity index (χ1) is 9.90. The number of carbonyl (C=O) groups is 1. The lowest BCUT2D eigenvalue weighted by molar-refractivity contribution is -0.140. The molecular formula is C16H20ClNO2S. The van der Waals surface area contributed by atoms with Gasteiger partial charge in [-0.3, -0.25) is 10.1 Å². The van der Waals surface area contributed by atoms with E-state index in [-0.39, 0.29) is 0 Å². The normalized spacial score (nSPS) is 13.0. The fourth-order valence-corrected chi connectivity index (χ4v) is 3.84. The van der Waals surface area contributed by atoms with Crippen LogP contribution in [0.4, 0.5) is 0 Å². The zero-order valence-corrected chi connectivity index (χ0v) is 14.0. The maximum absolute atomic E-state index is 11.3. The Morgan fingerprint density at radius 3 is 2.71 bits per heavy atom. The summed E-state index contributed by atoms with van der Waals surface area (Å²) in [7, 11) is 0. The summed E-state index contributed by atoms with van der Waals surface area (Å²) in [4.78, 5) is 12.4. The zero-order valence-electron chi connectivity index (χ0n) is 12.4. The summed E-state index contributed by atoms with van der Waals surface area (Å²) in [6.07, 6.45) is 0.625. The summed E-state index contributed by atoms with van der Waals surface area (Å²) in [5, 5.41) is 14.3. The van der Waals surface area contributed by atoms with Crippen LogP contribution in [-0.2, 0) is 11.3 Å². The Morgan fingerprint density at radius 1 is 1.43 bits per heavy atom. The van der Waals surface area contributed by atoms with Gasteiger partial charge in [0.05, 0.1) is 9.72 Å². The lowest BCUT2D eigenvalue weighted by atomic mass is 10.0. The minimum Gasteiger partial charge on any atom is -0.480 e. The third kappa shape index (κ3) is 3.76. The van der Waals surface area contributed by atoms with E-state index in [0.717, 1.165) is 20.0 Å². The predicted molar refractivity (Wildman–Crippen MR) is 89.3 cm³/mol. The van der Waals surface area contributed by atoms with E-state index in [2.05, 4.69) is 18.3 Å². The van der Waals surface area contributed by atoms with Gasteiger partial charge in [0.1, 0.15) is 6.04 Å². The highest BCUT2D eigenvalue weighted by Crippen LogP contribution is 2.35. The standard InChI is InChI=1S/C16H20ClNO2S/c1-9(2)7-13(16(19)20)18-8-14-10(3)11-5-4-6-12(17)15(11)21-14/h4-6,9,13,18H,7-8H2,1-3H3,(H,19,20)/t13-/m0/s1. The molecule has 2 rings (SSSR count). The number of nitrogens with one attached hydrogen (secondary N) is 1. The zero-order chi connectivity index (χ0) is 15.6. The van der Waals surface area contributed by atoms with Crippen LogP contribution < -0.4 is 5.32 Å². The Kier molecular flexibility index (Phi) is 5.25. The number of aliphatic carboxylic acids is 1. The second-order valence-corrected chi connectivity index (χ2v) is 7.18. The number of fused-ring (bicyclic) bond motifs is 1. The van der Waals surface area contributed by atoms with Crippen molar-refractivity contribution in [2.75, 3.05) is 0 Å². The van der Waals surface area contributed by atoms with Crippen LogP contribution in [0, 0.1) is 12.8 Å². The molecule has 0 spiro atoms. The molecule has 1 aromatic carbocycles. The number of carboxylic acid groups (broad SMARTS) is 1. The summed E-state index contributed by atoms with van der Waals surface area (Å²) in [5.74, 6) is -0.447. The molecule has 3 nitrogen and oxygen atoms in total. The molecule has 0 unspecified atom stereocenters. The molecule has 0 amide bonds. The van der Waals surface area contributed by atoms with E-state index in [4.69, 9.17) is 11.6 Å². The average molecular weight is 326 g/mol. The van der Waals surface area contributed by atoms with E-state index in [1.165, 1.54) is 5.56 Å². The Balaban J connectivity index is 2.18. The summed E-state index contributed by atoms with van der Waals surface area (Å²) in [6.45, 7) is 6.68. The van der Waals surface area contributed by atoms with Crippen LogP contribution in [0.1, 0.15) is 30.7 Å². The van der Waals surface area contributed by atoms with Gasteiger partial charge in [0.15, 0.2) is 0 Å². The number of thiophene rings is 1. The SMILES string of the molecule is Cc1c(CN[C@@H](CC(C)C)C(=O)O)sc2c(Cl)cccc12. The molecule has 0 radical (unpaired) electrons. The Hall–Kier alpha value is -1.10. The Morgan fingerprint density at radius 2 is 2.14 bits per heavy atom. The molecular weight excluding hydrogens is 306 g/mol. The van der Waals surface area contributed by atoms with Crippen LogP contribution in [0.3, 0.4) is 0 Å². The second-order valence-electron chi connectivity index (χ2n) is 5.67. The van der Waals surface area contributed by atoms with Gasteiger partial charge in [-0.1, -0.05) is 37.6 Å².